The highest BCUT2D eigenvalue weighted by Gasteiger charge is 1.92. The van der Waals surface area contributed by atoms with E-state index in [1.54, 1.807) is 18.5 Å². The average molecular weight is 194 g/mol. The molecule has 2 heteroatoms. The quantitative estimate of drug-likeness (QED) is 0.652. The van der Waals surface area contributed by atoms with Crippen LogP contribution in [0.25, 0.3) is 0 Å². The Kier molecular flexibility index (Phi) is 2.66. The van der Waals surface area contributed by atoms with E-state index in [9.17, 15) is 0 Å². The van der Waals surface area contributed by atoms with Gasteiger partial charge in [0.15, 0.2) is 0 Å². The third kappa shape index (κ3) is 2.35. The van der Waals surface area contributed by atoms with Crippen molar-refractivity contribution >= 4 is 5.69 Å². The second kappa shape index (κ2) is 4.30. The van der Waals surface area contributed by atoms with Crippen molar-refractivity contribution in [2.24, 2.45) is 0 Å². The summed E-state index contributed by atoms with van der Waals surface area (Å²) in [7, 11) is 0. The van der Waals surface area contributed by atoms with E-state index >= 15 is 0 Å². The van der Waals surface area contributed by atoms with Crippen LogP contribution >= 0.6 is 0 Å². The van der Waals surface area contributed by atoms with Crippen molar-refractivity contribution in [2.75, 3.05) is 5.73 Å². The van der Waals surface area contributed by atoms with Crippen LogP contribution in [0.15, 0.2) is 48.8 Å². The molecule has 0 bridgehead atoms. The van der Waals surface area contributed by atoms with Crippen molar-refractivity contribution in [3.8, 4) is 11.8 Å². The summed E-state index contributed by atoms with van der Waals surface area (Å²) in [4.78, 5) is 3.98. The predicted molar refractivity (Wildman–Crippen MR) is 61.1 cm³/mol. The van der Waals surface area contributed by atoms with Crippen LogP contribution in [-0.2, 0) is 0 Å². The fourth-order valence-corrected chi connectivity index (χ4v) is 1.17. The topological polar surface area (TPSA) is 38.9 Å². The van der Waals surface area contributed by atoms with Crippen LogP contribution in [0.2, 0.25) is 0 Å². The number of rotatable bonds is 0. The number of pyridine rings is 1. The minimum absolute atomic E-state index is 0.661. The second-order valence-corrected chi connectivity index (χ2v) is 3.08. The molecule has 0 spiro atoms. The number of hydrogen-bond acceptors (Lipinski definition) is 2. The largest absolute Gasteiger partial charge is 0.398 e. The van der Waals surface area contributed by atoms with Crippen LogP contribution in [-0.4, -0.2) is 4.98 Å². The van der Waals surface area contributed by atoms with Gasteiger partial charge in [-0.05, 0) is 18.2 Å². The van der Waals surface area contributed by atoms with Gasteiger partial charge in [0.1, 0.15) is 0 Å². The average Bonchev–Trinajstić information content (AvgIpc) is 2.29. The third-order valence-corrected chi connectivity index (χ3v) is 1.97. The van der Waals surface area contributed by atoms with E-state index in [1.807, 2.05) is 30.3 Å². The van der Waals surface area contributed by atoms with Crippen molar-refractivity contribution in [1.82, 2.24) is 4.98 Å². The minimum atomic E-state index is 0.661. The van der Waals surface area contributed by atoms with Gasteiger partial charge < -0.3 is 5.73 Å². The van der Waals surface area contributed by atoms with Gasteiger partial charge in [-0.1, -0.05) is 30.0 Å². The zero-order chi connectivity index (χ0) is 10.5. The maximum Gasteiger partial charge on any atom is 0.0661 e. The lowest BCUT2D eigenvalue weighted by Crippen LogP contribution is -1.90. The monoisotopic (exact) mass is 194 g/mol. The van der Waals surface area contributed by atoms with Gasteiger partial charge >= 0.3 is 0 Å². The molecule has 0 fully saturated rings. The van der Waals surface area contributed by atoms with Crippen LogP contribution in [0.5, 0.6) is 0 Å². The Labute approximate surface area is 88.8 Å². The lowest BCUT2D eigenvalue weighted by molar-refractivity contribution is 1.32. The van der Waals surface area contributed by atoms with Crippen molar-refractivity contribution < 1.29 is 0 Å². The molecule has 0 saturated carbocycles. The highest BCUT2D eigenvalue weighted by atomic mass is 14.7. The molecular formula is C13H10N2. The van der Waals surface area contributed by atoms with Gasteiger partial charge in [0.05, 0.1) is 11.3 Å². The Balaban J connectivity index is 2.31. The third-order valence-electron chi connectivity index (χ3n) is 1.97. The van der Waals surface area contributed by atoms with Crippen LogP contribution in [0, 0.1) is 11.8 Å². The van der Waals surface area contributed by atoms with Gasteiger partial charge in [0.25, 0.3) is 0 Å². The summed E-state index contributed by atoms with van der Waals surface area (Å²) in [5.41, 5.74) is 8.14. The first-order chi connectivity index (χ1) is 7.36. The van der Waals surface area contributed by atoms with E-state index in [4.69, 9.17) is 5.73 Å². The van der Waals surface area contributed by atoms with Crippen LogP contribution in [0.1, 0.15) is 11.1 Å². The van der Waals surface area contributed by atoms with Gasteiger partial charge in [-0.25, -0.2) is 0 Å². The minimum Gasteiger partial charge on any atom is -0.398 e. The van der Waals surface area contributed by atoms with Crippen LogP contribution in [0.3, 0.4) is 0 Å². The van der Waals surface area contributed by atoms with Gasteiger partial charge in [0, 0.05) is 18.0 Å². The van der Waals surface area contributed by atoms with Crippen molar-refractivity contribution in [3.63, 3.8) is 0 Å². The number of anilines is 1. The predicted octanol–water partition coefficient (Wildman–Crippen LogP) is 2.06. The lowest BCUT2D eigenvalue weighted by Gasteiger charge is -1.94. The fourth-order valence-electron chi connectivity index (χ4n) is 1.17. The normalized spacial score (nSPS) is 9.07. The maximum atomic E-state index is 5.74. The summed E-state index contributed by atoms with van der Waals surface area (Å²) >= 11 is 0. The van der Waals surface area contributed by atoms with Crippen LogP contribution < -0.4 is 5.73 Å². The first-order valence-electron chi connectivity index (χ1n) is 4.63. The molecule has 0 atom stereocenters. The molecule has 1 aromatic carbocycles. The Bertz CT molecular complexity index is 507. The SMILES string of the molecule is Nc1ccncc1C#Cc1ccccc1. The lowest BCUT2D eigenvalue weighted by atomic mass is 10.2. The van der Waals surface area contributed by atoms with Gasteiger partial charge in [-0.3, -0.25) is 4.98 Å². The number of aromatic nitrogens is 1. The van der Waals surface area contributed by atoms with Gasteiger partial charge in [-0.15, -0.1) is 0 Å². The smallest absolute Gasteiger partial charge is 0.0661 e. The summed E-state index contributed by atoms with van der Waals surface area (Å²) in [6.07, 6.45) is 3.33. The molecule has 1 aromatic heterocycles. The number of hydrogen-bond donors (Lipinski definition) is 1. The van der Waals surface area contributed by atoms with E-state index in [-0.39, 0.29) is 0 Å². The van der Waals surface area contributed by atoms with E-state index < -0.39 is 0 Å². The molecule has 2 aromatic rings. The summed E-state index contributed by atoms with van der Waals surface area (Å²) in [6, 6.07) is 11.5. The molecule has 0 aliphatic rings. The summed E-state index contributed by atoms with van der Waals surface area (Å²) in [6.45, 7) is 0. The fraction of sp³-hybridized carbons (Fsp3) is 0. The Hall–Kier alpha value is -2.27. The molecule has 72 valence electrons. The Morgan fingerprint density at radius 1 is 1.00 bits per heavy atom. The number of benzene rings is 1. The molecule has 2 nitrogen and oxygen atoms in total. The Morgan fingerprint density at radius 3 is 2.53 bits per heavy atom. The van der Waals surface area contributed by atoms with Gasteiger partial charge in [-0.2, -0.15) is 0 Å². The van der Waals surface area contributed by atoms with Crippen molar-refractivity contribution in [2.45, 2.75) is 0 Å². The molecule has 0 radical (unpaired) electrons. The summed E-state index contributed by atoms with van der Waals surface area (Å²) < 4.78 is 0. The molecule has 2 N–H and O–H groups in total. The maximum absolute atomic E-state index is 5.74. The molecule has 0 saturated heterocycles. The molecule has 2 rings (SSSR count). The van der Waals surface area contributed by atoms with Crippen molar-refractivity contribution in [3.05, 3.63) is 59.9 Å². The zero-order valence-electron chi connectivity index (χ0n) is 8.14. The summed E-state index contributed by atoms with van der Waals surface area (Å²) in [5, 5.41) is 0. The first kappa shape index (κ1) is 9.29. The second-order valence-electron chi connectivity index (χ2n) is 3.08. The van der Waals surface area contributed by atoms with E-state index in [0.717, 1.165) is 11.1 Å². The van der Waals surface area contributed by atoms with Crippen molar-refractivity contribution in [1.29, 1.82) is 0 Å². The van der Waals surface area contributed by atoms with E-state index in [1.165, 1.54) is 0 Å². The summed E-state index contributed by atoms with van der Waals surface area (Å²) in [5.74, 6) is 6.02. The standard InChI is InChI=1S/C13H10N2/c14-13-8-9-15-10-12(13)7-6-11-4-2-1-3-5-11/h1-5,8-10H,(H2,14,15). The molecule has 0 unspecified atom stereocenters. The Morgan fingerprint density at radius 2 is 1.80 bits per heavy atom. The molecule has 0 aliphatic heterocycles. The van der Waals surface area contributed by atoms with E-state index in [0.29, 0.717) is 5.69 Å². The van der Waals surface area contributed by atoms with Gasteiger partial charge in [0.2, 0.25) is 0 Å². The molecular weight excluding hydrogens is 184 g/mol. The number of nitrogens with two attached hydrogens (primary N) is 1. The highest BCUT2D eigenvalue weighted by Crippen LogP contribution is 2.06. The van der Waals surface area contributed by atoms with E-state index in [2.05, 4.69) is 16.8 Å². The molecule has 1 heterocycles. The number of nitrogen functional groups attached to an aromatic ring is 1. The molecule has 0 aliphatic carbocycles. The molecule has 0 amide bonds. The first-order valence-corrected chi connectivity index (χ1v) is 4.63. The van der Waals surface area contributed by atoms with Crippen LogP contribution in [0.4, 0.5) is 5.69 Å². The number of nitrogens with zero attached hydrogens (tertiary/aromatic N) is 1. The highest BCUT2D eigenvalue weighted by molar-refractivity contribution is 5.55. The molecule has 15 heavy (non-hydrogen) atoms. The zero-order valence-corrected chi connectivity index (χ0v) is 8.14.